The first-order valence-electron chi connectivity index (χ1n) is 3.46. The molecule has 2 rings (SSSR count). The van der Waals surface area contributed by atoms with E-state index in [4.69, 9.17) is 10.2 Å². The standard InChI is InChI=1S/C7H8N4O/c1-11-3-2-9-6(11)5-4-12-7(8)10-5/h2-4H,1H3,(H2,8,10). The molecule has 0 aliphatic carbocycles. The van der Waals surface area contributed by atoms with E-state index in [2.05, 4.69) is 9.97 Å². The molecule has 0 aromatic carbocycles. The largest absolute Gasteiger partial charge is 0.432 e. The quantitative estimate of drug-likeness (QED) is 0.672. The minimum absolute atomic E-state index is 0.160. The van der Waals surface area contributed by atoms with E-state index in [-0.39, 0.29) is 6.01 Å². The second kappa shape index (κ2) is 2.37. The lowest BCUT2D eigenvalue weighted by atomic mass is 10.4. The SMILES string of the molecule is Cn1ccnc1-c1coc(N)n1. The molecule has 62 valence electrons. The van der Waals surface area contributed by atoms with Gasteiger partial charge < -0.3 is 14.7 Å². The Hall–Kier alpha value is -1.78. The van der Waals surface area contributed by atoms with Gasteiger partial charge in [0.25, 0.3) is 6.01 Å². The number of imidazole rings is 1. The topological polar surface area (TPSA) is 69.9 Å². The molecule has 5 heteroatoms. The third-order valence-corrected chi connectivity index (χ3v) is 1.57. The maximum atomic E-state index is 5.32. The Morgan fingerprint density at radius 3 is 2.92 bits per heavy atom. The van der Waals surface area contributed by atoms with Crippen LogP contribution in [-0.2, 0) is 7.05 Å². The summed E-state index contributed by atoms with van der Waals surface area (Å²) in [6, 6.07) is 0.160. The van der Waals surface area contributed by atoms with E-state index in [1.54, 1.807) is 6.20 Å². The van der Waals surface area contributed by atoms with Gasteiger partial charge in [-0.2, -0.15) is 4.98 Å². The molecule has 5 nitrogen and oxygen atoms in total. The zero-order chi connectivity index (χ0) is 8.55. The number of nitrogen functional groups attached to an aromatic ring is 1. The van der Waals surface area contributed by atoms with Gasteiger partial charge in [-0.25, -0.2) is 4.98 Å². The van der Waals surface area contributed by atoms with Crippen molar-refractivity contribution in [2.75, 3.05) is 5.73 Å². The van der Waals surface area contributed by atoms with Crippen molar-refractivity contribution in [3.05, 3.63) is 18.7 Å². The molecule has 0 unspecified atom stereocenters. The van der Waals surface area contributed by atoms with Gasteiger partial charge in [0.1, 0.15) is 12.0 Å². The van der Waals surface area contributed by atoms with E-state index >= 15 is 0 Å². The molecule has 2 aromatic heterocycles. The molecule has 0 bridgehead atoms. The van der Waals surface area contributed by atoms with Gasteiger partial charge in [0.05, 0.1) is 0 Å². The Balaban J connectivity index is 2.50. The van der Waals surface area contributed by atoms with Gasteiger partial charge in [0, 0.05) is 19.4 Å². The van der Waals surface area contributed by atoms with E-state index in [0.29, 0.717) is 5.69 Å². The highest BCUT2D eigenvalue weighted by Gasteiger charge is 2.07. The summed E-state index contributed by atoms with van der Waals surface area (Å²) in [6.45, 7) is 0. The monoisotopic (exact) mass is 164 g/mol. The van der Waals surface area contributed by atoms with Crippen molar-refractivity contribution >= 4 is 6.01 Å². The molecule has 0 saturated carbocycles. The number of aromatic nitrogens is 3. The zero-order valence-electron chi connectivity index (χ0n) is 6.56. The fourth-order valence-corrected chi connectivity index (χ4v) is 1.00. The molecule has 0 aliphatic heterocycles. The number of rotatable bonds is 1. The summed E-state index contributed by atoms with van der Waals surface area (Å²) < 4.78 is 6.70. The number of oxazole rings is 1. The lowest BCUT2D eigenvalue weighted by Crippen LogP contribution is -1.91. The summed E-state index contributed by atoms with van der Waals surface area (Å²) in [5.74, 6) is 0.746. The second-order valence-electron chi connectivity index (χ2n) is 2.43. The smallest absolute Gasteiger partial charge is 0.292 e. The summed E-state index contributed by atoms with van der Waals surface area (Å²) in [4.78, 5) is 8.03. The van der Waals surface area contributed by atoms with Crippen LogP contribution in [0.3, 0.4) is 0 Å². The molecule has 2 aromatic rings. The van der Waals surface area contributed by atoms with Gasteiger partial charge in [0.15, 0.2) is 5.82 Å². The fraction of sp³-hybridized carbons (Fsp3) is 0.143. The first-order chi connectivity index (χ1) is 5.77. The summed E-state index contributed by atoms with van der Waals surface area (Å²) in [7, 11) is 1.88. The maximum Gasteiger partial charge on any atom is 0.292 e. The lowest BCUT2D eigenvalue weighted by molar-refractivity contribution is 0.580. The van der Waals surface area contributed by atoms with E-state index in [1.165, 1.54) is 6.26 Å². The molecule has 2 N–H and O–H groups in total. The number of nitrogens with two attached hydrogens (primary N) is 1. The van der Waals surface area contributed by atoms with Crippen molar-refractivity contribution in [1.82, 2.24) is 14.5 Å². The first kappa shape index (κ1) is 6.90. The number of nitrogens with zero attached hydrogens (tertiary/aromatic N) is 3. The first-order valence-corrected chi connectivity index (χ1v) is 3.46. The van der Waals surface area contributed by atoms with Crippen LogP contribution in [0.1, 0.15) is 0 Å². The van der Waals surface area contributed by atoms with Crippen LogP contribution in [0.25, 0.3) is 11.5 Å². The van der Waals surface area contributed by atoms with Crippen LogP contribution < -0.4 is 5.73 Å². The molecular weight excluding hydrogens is 156 g/mol. The van der Waals surface area contributed by atoms with E-state index < -0.39 is 0 Å². The molecule has 0 spiro atoms. The number of aryl methyl sites for hydroxylation is 1. The van der Waals surface area contributed by atoms with Crippen molar-refractivity contribution in [1.29, 1.82) is 0 Å². The van der Waals surface area contributed by atoms with E-state index in [9.17, 15) is 0 Å². The Morgan fingerprint density at radius 2 is 2.42 bits per heavy atom. The van der Waals surface area contributed by atoms with Crippen molar-refractivity contribution < 1.29 is 4.42 Å². The number of hydrogen-bond acceptors (Lipinski definition) is 4. The molecule has 0 saturated heterocycles. The Bertz CT molecular complexity index is 390. The van der Waals surface area contributed by atoms with E-state index in [0.717, 1.165) is 5.82 Å². The predicted octanol–water partition coefficient (Wildman–Crippen LogP) is 0.657. The zero-order valence-corrected chi connectivity index (χ0v) is 6.56. The fourth-order valence-electron chi connectivity index (χ4n) is 1.00. The van der Waals surface area contributed by atoms with Gasteiger partial charge >= 0.3 is 0 Å². The summed E-state index contributed by atoms with van der Waals surface area (Å²) in [5, 5.41) is 0. The highest BCUT2D eigenvalue weighted by Crippen LogP contribution is 2.15. The van der Waals surface area contributed by atoms with Gasteiger partial charge in [-0.1, -0.05) is 0 Å². The van der Waals surface area contributed by atoms with Crippen LogP contribution in [0.2, 0.25) is 0 Å². The minimum Gasteiger partial charge on any atom is -0.432 e. The molecule has 0 fully saturated rings. The Labute approximate surface area is 68.8 Å². The predicted molar refractivity (Wildman–Crippen MR) is 43.1 cm³/mol. The van der Waals surface area contributed by atoms with Crippen LogP contribution in [0.4, 0.5) is 6.01 Å². The number of hydrogen-bond donors (Lipinski definition) is 1. The maximum absolute atomic E-state index is 5.32. The normalized spacial score (nSPS) is 10.4. The Kier molecular flexibility index (Phi) is 1.36. The average molecular weight is 164 g/mol. The van der Waals surface area contributed by atoms with Crippen LogP contribution in [0, 0.1) is 0 Å². The third-order valence-electron chi connectivity index (χ3n) is 1.57. The number of anilines is 1. The summed E-state index contributed by atoms with van der Waals surface area (Å²) >= 11 is 0. The van der Waals surface area contributed by atoms with Crippen LogP contribution in [-0.4, -0.2) is 14.5 Å². The molecule has 0 aliphatic rings. The average Bonchev–Trinajstić information content (AvgIpc) is 2.58. The molecule has 0 radical (unpaired) electrons. The third kappa shape index (κ3) is 0.952. The van der Waals surface area contributed by atoms with Gasteiger partial charge in [-0.05, 0) is 0 Å². The summed E-state index contributed by atoms with van der Waals surface area (Å²) in [6.07, 6.45) is 5.01. The summed E-state index contributed by atoms with van der Waals surface area (Å²) in [5.41, 5.74) is 5.97. The minimum atomic E-state index is 0.160. The van der Waals surface area contributed by atoms with Gasteiger partial charge in [0.2, 0.25) is 0 Å². The highest BCUT2D eigenvalue weighted by atomic mass is 16.4. The van der Waals surface area contributed by atoms with Crippen LogP contribution in [0.15, 0.2) is 23.1 Å². The van der Waals surface area contributed by atoms with Crippen molar-refractivity contribution in [2.24, 2.45) is 7.05 Å². The lowest BCUT2D eigenvalue weighted by Gasteiger charge is -1.93. The van der Waals surface area contributed by atoms with Crippen molar-refractivity contribution in [3.63, 3.8) is 0 Å². The van der Waals surface area contributed by atoms with Gasteiger partial charge in [-0.15, -0.1) is 0 Å². The van der Waals surface area contributed by atoms with E-state index in [1.807, 2.05) is 17.8 Å². The molecular formula is C7H8N4O. The highest BCUT2D eigenvalue weighted by molar-refractivity contribution is 5.49. The van der Waals surface area contributed by atoms with Gasteiger partial charge in [-0.3, -0.25) is 0 Å². The van der Waals surface area contributed by atoms with Crippen molar-refractivity contribution in [2.45, 2.75) is 0 Å². The Morgan fingerprint density at radius 1 is 1.58 bits per heavy atom. The molecule has 2 heterocycles. The molecule has 0 atom stereocenters. The van der Waals surface area contributed by atoms with Crippen LogP contribution in [0.5, 0.6) is 0 Å². The molecule has 0 amide bonds. The molecule has 12 heavy (non-hydrogen) atoms. The van der Waals surface area contributed by atoms with Crippen LogP contribution >= 0.6 is 0 Å². The van der Waals surface area contributed by atoms with Crippen molar-refractivity contribution in [3.8, 4) is 11.5 Å². The second-order valence-corrected chi connectivity index (χ2v) is 2.43.